The van der Waals surface area contributed by atoms with Gasteiger partial charge in [-0.05, 0) is 24.6 Å². The van der Waals surface area contributed by atoms with E-state index in [4.69, 9.17) is 34.8 Å². The van der Waals surface area contributed by atoms with Crippen molar-refractivity contribution in [3.63, 3.8) is 0 Å². The van der Waals surface area contributed by atoms with Gasteiger partial charge in [0.2, 0.25) is 0 Å². The highest BCUT2D eigenvalue weighted by Crippen LogP contribution is 2.34. The fourth-order valence-electron chi connectivity index (χ4n) is 1.90. The lowest BCUT2D eigenvalue weighted by Crippen LogP contribution is -1.97. The first-order chi connectivity index (χ1) is 9.08. The highest BCUT2D eigenvalue weighted by atomic mass is 35.5. The molecular weight excluding hydrogens is 305 g/mol. The van der Waals surface area contributed by atoms with Crippen molar-refractivity contribution in [3.8, 4) is 11.1 Å². The molecular formula is C13H8Cl3N3. The fourth-order valence-corrected chi connectivity index (χ4v) is 2.67. The van der Waals surface area contributed by atoms with Gasteiger partial charge in [0.05, 0.1) is 11.8 Å². The van der Waals surface area contributed by atoms with Crippen molar-refractivity contribution in [2.24, 2.45) is 0 Å². The maximum atomic E-state index is 6.38. The predicted octanol–water partition coefficient (Wildman–Crippen LogP) is 4.66. The molecule has 0 fully saturated rings. The van der Waals surface area contributed by atoms with Crippen LogP contribution < -0.4 is 0 Å². The monoisotopic (exact) mass is 311 g/mol. The lowest BCUT2D eigenvalue weighted by molar-refractivity contribution is 0.942. The van der Waals surface area contributed by atoms with E-state index in [-0.39, 0.29) is 0 Å². The third-order valence-corrected chi connectivity index (χ3v) is 3.73. The Morgan fingerprint density at radius 3 is 2.42 bits per heavy atom. The second kappa shape index (κ2) is 4.67. The molecule has 3 nitrogen and oxygen atoms in total. The van der Waals surface area contributed by atoms with Gasteiger partial charge in [-0.25, -0.2) is 9.50 Å². The summed E-state index contributed by atoms with van der Waals surface area (Å²) in [4.78, 5) is 4.34. The van der Waals surface area contributed by atoms with Gasteiger partial charge >= 0.3 is 0 Å². The smallest absolute Gasteiger partial charge is 0.161 e. The van der Waals surface area contributed by atoms with Crippen LogP contribution in [0.15, 0.2) is 30.5 Å². The van der Waals surface area contributed by atoms with Crippen LogP contribution in [0.3, 0.4) is 0 Å². The Morgan fingerprint density at radius 2 is 1.74 bits per heavy atom. The molecule has 0 spiro atoms. The summed E-state index contributed by atoms with van der Waals surface area (Å²) < 4.78 is 1.58. The van der Waals surface area contributed by atoms with Gasteiger partial charge in [-0.15, -0.1) is 0 Å². The first-order valence-corrected chi connectivity index (χ1v) is 6.66. The van der Waals surface area contributed by atoms with Crippen molar-refractivity contribution in [2.45, 2.75) is 6.92 Å². The van der Waals surface area contributed by atoms with Crippen LogP contribution in [0.5, 0.6) is 0 Å². The van der Waals surface area contributed by atoms with Crippen LogP contribution in [-0.4, -0.2) is 14.6 Å². The maximum absolute atomic E-state index is 6.38. The summed E-state index contributed by atoms with van der Waals surface area (Å²) in [5.41, 5.74) is 3.08. The van der Waals surface area contributed by atoms with Crippen LogP contribution in [-0.2, 0) is 0 Å². The normalized spacial score (nSPS) is 11.2. The Bertz CT molecular complexity index is 763. The van der Waals surface area contributed by atoms with Gasteiger partial charge in [0, 0.05) is 10.6 Å². The summed E-state index contributed by atoms with van der Waals surface area (Å²) in [5.74, 6) is 0. The number of fused-ring (bicyclic) bond motifs is 1. The molecule has 0 aliphatic carbocycles. The molecule has 0 bridgehead atoms. The minimum atomic E-state index is 0.350. The van der Waals surface area contributed by atoms with E-state index in [0.717, 1.165) is 11.1 Å². The van der Waals surface area contributed by atoms with Gasteiger partial charge in [0.15, 0.2) is 5.65 Å². The van der Waals surface area contributed by atoms with Crippen molar-refractivity contribution in [3.05, 3.63) is 51.4 Å². The average Bonchev–Trinajstić information content (AvgIpc) is 2.74. The topological polar surface area (TPSA) is 30.2 Å². The van der Waals surface area contributed by atoms with Gasteiger partial charge in [-0.2, -0.15) is 5.10 Å². The van der Waals surface area contributed by atoms with Crippen LogP contribution in [0.1, 0.15) is 5.56 Å². The summed E-state index contributed by atoms with van der Waals surface area (Å²) in [6.45, 7) is 1.91. The number of rotatable bonds is 1. The number of hydrogen-bond acceptors (Lipinski definition) is 2. The highest BCUT2D eigenvalue weighted by Gasteiger charge is 2.16. The minimum absolute atomic E-state index is 0.350. The molecule has 0 saturated carbocycles. The van der Waals surface area contributed by atoms with Crippen LogP contribution in [0, 0.1) is 6.92 Å². The van der Waals surface area contributed by atoms with E-state index in [1.165, 1.54) is 0 Å². The number of aromatic nitrogens is 3. The fraction of sp³-hybridized carbons (Fsp3) is 0.0769. The zero-order chi connectivity index (χ0) is 13.6. The number of aryl methyl sites for hydroxylation is 1. The van der Waals surface area contributed by atoms with Crippen molar-refractivity contribution in [1.82, 2.24) is 14.6 Å². The molecule has 1 aromatic carbocycles. The van der Waals surface area contributed by atoms with E-state index < -0.39 is 0 Å². The standard InChI is InChI=1S/C13H8Cl3N3/c1-7-6-17-19-12(16)10(11(15)18-13(7)19)8-2-4-9(14)5-3-8/h2-6H,1H3. The second-order valence-electron chi connectivity index (χ2n) is 4.14. The SMILES string of the molecule is Cc1cnn2c(Cl)c(-c3ccc(Cl)cc3)c(Cl)nc12. The molecule has 0 saturated heterocycles. The van der Waals surface area contributed by atoms with E-state index in [9.17, 15) is 0 Å². The Hall–Kier alpha value is -1.29. The molecule has 0 unspecified atom stereocenters. The quantitative estimate of drug-likeness (QED) is 0.611. The summed E-state index contributed by atoms with van der Waals surface area (Å²) in [6, 6.07) is 7.25. The van der Waals surface area contributed by atoms with Gasteiger partial charge in [0.1, 0.15) is 10.3 Å². The van der Waals surface area contributed by atoms with E-state index in [1.54, 1.807) is 22.8 Å². The van der Waals surface area contributed by atoms with Gasteiger partial charge in [-0.3, -0.25) is 0 Å². The lowest BCUT2D eigenvalue weighted by Gasteiger charge is -2.08. The second-order valence-corrected chi connectivity index (χ2v) is 5.29. The molecule has 2 heterocycles. The minimum Gasteiger partial charge on any atom is -0.216 e. The zero-order valence-electron chi connectivity index (χ0n) is 9.86. The third kappa shape index (κ3) is 2.08. The molecule has 3 rings (SSSR count). The Morgan fingerprint density at radius 1 is 1.05 bits per heavy atom. The molecule has 0 amide bonds. The van der Waals surface area contributed by atoms with E-state index >= 15 is 0 Å². The largest absolute Gasteiger partial charge is 0.216 e. The maximum Gasteiger partial charge on any atom is 0.161 e. The summed E-state index contributed by atoms with van der Waals surface area (Å²) in [7, 11) is 0. The van der Waals surface area contributed by atoms with E-state index in [2.05, 4.69) is 10.1 Å². The van der Waals surface area contributed by atoms with Crippen LogP contribution >= 0.6 is 34.8 Å². The van der Waals surface area contributed by atoms with Crippen molar-refractivity contribution >= 4 is 40.4 Å². The van der Waals surface area contributed by atoms with Gasteiger partial charge in [0.25, 0.3) is 0 Å². The Kier molecular flexibility index (Phi) is 3.13. The van der Waals surface area contributed by atoms with Crippen molar-refractivity contribution in [1.29, 1.82) is 0 Å². The number of benzene rings is 1. The van der Waals surface area contributed by atoms with Crippen molar-refractivity contribution < 1.29 is 0 Å². The Balaban J connectivity index is 2.32. The predicted molar refractivity (Wildman–Crippen MR) is 78.2 cm³/mol. The molecule has 6 heteroatoms. The molecule has 0 radical (unpaired) electrons. The van der Waals surface area contributed by atoms with Gasteiger partial charge in [-0.1, -0.05) is 46.9 Å². The Labute approximate surface area is 124 Å². The number of halogens is 3. The average molecular weight is 313 g/mol. The first kappa shape index (κ1) is 12.7. The van der Waals surface area contributed by atoms with Crippen LogP contribution in [0.4, 0.5) is 0 Å². The van der Waals surface area contributed by atoms with Crippen molar-refractivity contribution in [2.75, 3.05) is 0 Å². The van der Waals surface area contributed by atoms with Crippen LogP contribution in [0.2, 0.25) is 15.3 Å². The third-order valence-electron chi connectivity index (χ3n) is 2.86. The molecule has 0 N–H and O–H groups in total. The van der Waals surface area contributed by atoms with E-state index in [1.807, 2.05) is 19.1 Å². The molecule has 0 aliphatic heterocycles. The zero-order valence-corrected chi connectivity index (χ0v) is 12.1. The van der Waals surface area contributed by atoms with Gasteiger partial charge < -0.3 is 0 Å². The number of nitrogens with zero attached hydrogens (tertiary/aromatic N) is 3. The summed E-state index contributed by atoms with van der Waals surface area (Å²) in [5, 5.41) is 5.64. The van der Waals surface area contributed by atoms with Crippen LogP contribution in [0.25, 0.3) is 16.8 Å². The molecule has 0 atom stereocenters. The van der Waals surface area contributed by atoms with E-state index in [0.29, 0.717) is 26.5 Å². The first-order valence-electron chi connectivity index (χ1n) is 5.53. The molecule has 2 aromatic heterocycles. The lowest BCUT2D eigenvalue weighted by atomic mass is 10.1. The summed E-state index contributed by atoms with van der Waals surface area (Å²) >= 11 is 18.5. The molecule has 96 valence electrons. The molecule has 0 aliphatic rings. The molecule has 3 aromatic rings. The molecule has 19 heavy (non-hydrogen) atoms. The highest BCUT2D eigenvalue weighted by molar-refractivity contribution is 6.38. The summed E-state index contributed by atoms with van der Waals surface area (Å²) in [6.07, 6.45) is 1.70. The number of hydrogen-bond donors (Lipinski definition) is 0.